The van der Waals surface area contributed by atoms with Crippen molar-refractivity contribution in [2.75, 3.05) is 5.32 Å². The van der Waals surface area contributed by atoms with Gasteiger partial charge in [-0.15, -0.1) is 5.10 Å². The molecule has 1 heterocycles. The van der Waals surface area contributed by atoms with E-state index in [4.69, 9.17) is 27.6 Å². The van der Waals surface area contributed by atoms with Crippen LogP contribution in [0.4, 0.5) is 11.7 Å². The van der Waals surface area contributed by atoms with Crippen molar-refractivity contribution < 1.29 is 4.42 Å². The lowest BCUT2D eigenvalue weighted by Gasteiger charge is -2.07. The molecule has 7 heteroatoms. The Bertz CT molecular complexity index is 598. The van der Waals surface area contributed by atoms with Gasteiger partial charge in [0.25, 0.3) is 0 Å². The summed E-state index contributed by atoms with van der Waals surface area (Å²) in [4.78, 5) is 0. The van der Waals surface area contributed by atoms with Crippen LogP contribution in [0.15, 0.2) is 16.5 Å². The normalized spacial score (nSPS) is 11.1. The fourth-order valence-electron chi connectivity index (χ4n) is 1.52. The standard InChI is InChI=1S/C13H16Cl2N4O/c1-7(2)16-6-12-18-19-13(20-12)17-11-5-9(14)8(3)4-10(11)15/h4-5,7,16H,6H2,1-3H3,(H,17,19). The highest BCUT2D eigenvalue weighted by molar-refractivity contribution is 6.35. The lowest BCUT2D eigenvalue weighted by molar-refractivity contribution is 0.460. The maximum atomic E-state index is 6.14. The summed E-state index contributed by atoms with van der Waals surface area (Å²) in [6.45, 7) is 6.50. The monoisotopic (exact) mass is 314 g/mol. The molecule has 2 aromatic rings. The summed E-state index contributed by atoms with van der Waals surface area (Å²) in [5, 5.41) is 15.2. The molecule has 0 unspecified atom stereocenters. The van der Waals surface area contributed by atoms with Gasteiger partial charge in [-0.1, -0.05) is 42.1 Å². The molecule has 2 N–H and O–H groups in total. The number of rotatable bonds is 5. The van der Waals surface area contributed by atoms with E-state index in [1.807, 2.05) is 20.8 Å². The van der Waals surface area contributed by atoms with Crippen molar-refractivity contribution in [3.8, 4) is 0 Å². The second-order valence-corrected chi connectivity index (χ2v) is 5.56. The molecule has 0 aliphatic heterocycles. The lowest BCUT2D eigenvalue weighted by Crippen LogP contribution is -2.21. The third-order valence-electron chi connectivity index (χ3n) is 2.62. The molecule has 0 spiro atoms. The molecule has 2 rings (SSSR count). The second-order valence-electron chi connectivity index (χ2n) is 4.74. The average Bonchev–Trinajstić information content (AvgIpc) is 2.81. The first-order valence-electron chi connectivity index (χ1n) is 6.24. The number of nitrogens with zero attached hydrogens (tertiary/aromatic N) is 2. The zero-order valence-electron chi connectivity index (χ0n) is 11.5. The van der Waals surface area contributed by atoms with E-state index in [0.29, 0.717) is 34.2 Å². The Morgan fingerprint density at radius 1 is 1.20 bits per heavy atom. The summed E-state index contributed by atoms with van der Waals surface area (Å²) in [5.74, 6) is 0.510. The summed E-state index contributed by atoms with van der Waals surface area (Å²) in [6, 6.07) is 4.15. The smallest absolute Gasteiger partial charge is 0.320 e. The number of hydrogen-bond acceptors (Lipinski definition) is 5. The third-order valence-corrected chi connectivity index (χ3v) is 3.34. The van der Waals surface area contributed by atoms with Crippen LogP contribution in [-0.4, -0.2) is 16.2 Å². The number of nitrogens with one attached hydrogen (secondary N) is 2. The van der Waals surface area contributed by atoms with Gasteiger partial charge < -0.3 is 15.1 Å². The number of aromatic nitrogens is 2. The van der Waals surface area contributed by atoms with Crippen molar-refractivity contribution in [2.45, 2.75) is 33.4 Å². The highest BCUT2D eigenvalue weighted by Crippen LogP contribution is 2.30. The van der Waals surface area contributed by atoms with Crippen molar-refractivity contribution in [3.63, 3.8) is 0 Å². The fraction of sp³-hybridized carbons (Fsp3) is 0.385. The van der Waals surface area contributed by atoms with E-state index in [1.165, 1.54) is 0 Å². The molecule has 108 valence electrons. The van der Waals surface area contributed by atoms with Crippen LogP contribution in [0, 0.1) is 6.92 Å². The first-order chi connectivity index (χ1) is 9.45. The fourth-order valence-corrected chi connectivity index (χ4v) is 1.95. The van der Waals surface area contributed by atoms with Gasteiger partial charge in [0.1, 0.15) is 0 Å². The molecule has 1 aromatic carbocycles. The minimum atomic E-state index is 0.285. The van der Waals surface area contributed by atoms with Gasteiger partial charge in [0.15, 0.2) is 0 Å². The van der Waals surface area contributed by atoms with Crippen molar-refractivity contribution in [2.24, 2.45) is 0 Å². The van der Waals surface area contributed by atoms with Crippen molar-refractivity contribution in [3.05, 3.63) is 33.6 Å². The van der Waals surface area contributed by atoms with Gasteiger partial charge in [0, 0.05) is 11.1 Å². The third kappa shape index (κ3) is 3.85. The quantitative estimate of drug-likeness (QED) is 0.875. The molecule has 0 fully saturated rings. The van der Waals surface area contributed by atoms with E-state index < -0.39 is 0 Å². The Hall–Kier alpha value is -1.30. The lowest BCUT2D eigenvalue weighted by atomic mass is 10.2. The molecule has 0 aliphatic carbocycles. The van der Waals surface area contributed by atoms with Crippen LogP contribution in [0.25, 0.3) is 0 Å². The van der Waals surface area contributed by atoms with Crippen LogP contribution in [0.1, 0.15) is 25.3 Å². The van der Waals surface area contributed by atoms with Crippen LogP contribution in [0.5, 0.6) is 0 Å². The van der Waals surface area contributed by atoms with Crippen LogP contribution < -0.4 is 10.6 Å². The highest BCUT2D eigenvalue weighted by Gasteiger charge is 2.10. The molecule has 0 atom stereocenters. The number of anilines is 2. The van der Waals surface area contributed by atoms with Gasteiger partial charge in [-0.25, -0.2) is 0 Å². The molecule has 0 radical (unpaired) electrons. The Morgan fingerprint density at radius 3 is 2.65 bits per heavy atom. The Morgan fingerprint density at radius 2 is 1.95 bits per heavy atom. The Balaban J connectivity index is 2.09. The van der Waals surface area contributed by atoms with Gasteiger partial charge in [-0.3, -0.25) is 0 Å². The summed E-state index contributed by atoms with van der Waals surface area (Å²) >= 11 is 12.2. The Labute approximate surface area is 127 Å². The minimum absolute atomic E-state index is 0.285. The molecule has 0 amide bonds. The van der Waals surface area contributed by atoms with Crippen molar-refractivity contribution in [1.82, 2.24) is 15.5 Å². The predicted molar refractivity (Wildman–Crippen MR) is 80.8 cm³/mol. The topological polar surface area (TPSA) is 63.0 Å². The molecule has 0 aliphatic rings. The van der Waals surface area contributed by atoms with Crippen molar-refractivity contribution in [1.29, 1.82) is 0 Å². The number of halogens is 2. The average molecular weight is 315 g/mol. The molecular formula is C13H16Cl2N4O. The van der Waals surface area contributed by atoms with Crippen molar-refractivity contribution >= 4 is 34.9 Å². The maximum absolute atomic E-state index is 6.14. The summed E-state index contributed by atoms with van der Waals surface area (Å²) in [6.07, 6.45) is 0. The van der Waals surface area contributed by atoms with Crippen LogP contribution in [0.2, 0.25) is 10.0 Å². The van der Waals surface area contributed by atoms with Gasteiger partial charge in [-0.05, 0) is 24.6 Å². The van der Waals surface area contributed by atoms with Gasteiger partial charge >= 0.3 is 6.01 Å². The van der Waals surface area contributed by atoms with E-state index in [9.17, 15) is 0 Å². The number of aryl methyl sites for hydroxylation is 1. The largest absolute Gasteiger partial charge is 0.406 e. The van der Waals surface area contributed by atoms with E-state index in [0.717, 1.165) is 5.56 Å². The molecule has 1 aromatic heterocycles. The number of hydrogen-bond donors (Lipinski definition) is 2. The maximum Gasteiger partial charge on any atom is 0.320 e. The van der Waals surface area contributed by atoms with Crippen LogP contribution in [-0.2, 0) is 6.54 Å². The van der Waals surface area contributed by atoms with E-state index in [1.54, 1.807) is 12.1 Å². The molecule has 20 heavy (non-hydrogen) atoms. The predicted octanol–water partition coefficient (Wildman–Crippen LogP) is 3.93. The molecular weight excluding hydrogens is 299 g/mol. The van der Waals surface area contributed by atoms with Gasteiger partial charge in [0.2, 0.25) is 5.89 Å². The molecule has 0 saturated carbocycles. The zero-order chi connectivity index (χ0) is 14.7. The van der Waals surface area contributed by atoms with Gasteiger partial charge in [0.05, 0.1) is 17.3 Å². The first kappa shape index (κ1) is 15.1. The van der Waals surface area contributed by atoms with E-state index in [-0.39, 0.29) is 6.01 Å². The van der Waals surface area contributed by atoms with E-state index >= 15 is 0 Å². The second kappa shape index (κ2) is 6.43. The first-order valence-corrected chi connectivity index (χ1v) is 6.99. The molecule has 0 bridgehead atoms. The highest BCUT2D eigenvalue weighted by atomic mass is 35.5. The van der Waals surface area contributed by atoms with Gasteiger partial charge in [-0.2, -0.15) is 0 Å². The summed E-state index contributed by atoms with van der Waals surface area (Å²) in [5.41, 5.74) is 1.55. The summed E-state index contributed by atoms with van der Waals surface area (Å²) in [7, 11) is 0. The minimum Gasteiger partial charge on any atom is -0.406 e. The van der Waals surface area contributed by atoms with Crippen LogP contribution in [0.3, 0.4) is 0 Å². The number of benzene rings is 1. The SMILES string of the molecule is Cc1cc(Cl)c(Nc2nnc(CNC(C)C)o2)cc1Cl. The van der Waals surface area contributed by atoms with E-state index in [2.05, 4.69) is 20.8 Å². The summed E-state index contributed by atoms with van der Waals surface area (Å²) < 4.78 is 5.47. The Kier molecular flexibility index (Phi) is 4.86. The van der Waals surface area contributed by atoms with Crippen LogP contribution >= 0.6 is 23.2 Å². The zero-order valence-corrected chi connectivity index (χ0v) is 13.0. The molecule has 0 saturated heterocycles. The molecule has 5 nitrogen and oxygen atoms in total.